The molecule has 5 heteroatoms. The van der Waals surface area contributed by atoms with Crippen LogP contribution in [-0.4, -0.2) is 12.0 Å². The predicted octanol–water partition coefficient (Wildman–Crippen LogP) is 2.70. The average Bonchev–Trinajstić information content (AvgIpc) is 2.25. The molecule has 0 radical (unpaired) electrons. The number of ketones is 1. The standard InChI is InChI=1S/C11H6F3NO/c12-11(13,14)10(16)5-4-8-2-1-3-9(6-8)7-15/h1-6H. The van der Waals surface area contributed by atoms with Gasteiger partial charge in [-0.05, 0) is 23.8 Å². The van der Waals surface area contributed by atoms with Crippen molar-refractivity contribution in [3.8, 4) is 6.07 Å². The average molecular weight is 225 g/mol. The molecule has 0 aliphatic rings. The quantitative estimate of drug-likeness (QED) is 0.726. The molecule has 0 unspecified atom stereocenters. The van der Waals surface area contributed by atoms with Gasteiger partial charge >= 0.3 is 6.18 Å². The molecule has 16 heavy (non-hydrogen) atoms. The molecule has 1 rings (SSSR count). The maximum atomic E-state index is 11.8. The topological polar surface area (TPSA) is 40.9 Å². The molecule has 0 atom stereocenters. The van der Waals surface area contributed by atoms with Crippen LogP contribution in [0.4, 0.5) is 13.2 Å². The highest BCUT2D eigenvalue weighted by Gasteiger charge is 2.35. The van der Waals surface area contributed by atoms with Crippen LogP contribution in [-0.2, 0) is 4.79 Å². The van der Waals surface area contributed by atoms with Crippen LogP contribution < -0.4 is 0 Å². The molecule has 82 valence electrons. The molecule has 0 aliphatic heterocycles. The van der Waals surface area contributed by atoms with Gasteiger partial charge in [0.25, 0.3) is 5.78 Å². The molecule has 0 heterocycles. The van der Waals surface area contributed by atoms with E-state index in [4.69, 9.17) is 5.26 Å². The number of carbonyl (C=O) groups is 1. The highest BCUT2D eigenvalue weighted by Crippen LogP contribution is 2.17. The highest BCUT2D eigenvalue weighted by atomic mass is 19.4. The Kier molecular flexibility index (Phi) is 3.46. The van der Waals surface area contributed by atoms with Gasteiger partial charge in [0.1, 0.15) is 0 Å². The van der Waals surface area contributed by atoms with Gasteiger partial charge in [-0.25, -0.2) is 0 Å². The zero-order valence-electron chi connectivity index (χ0n) is 7.95. The summed E-state index contributed by atoms with van der Waals surface area (Å²) in [5.41, 5.74) is 0.693. The third-order valence-electron chi connectivity index (χ3n) is 1.72. The van der Waals surface area contributed by atoms with Crippen LogP contribution >= 0.6 is 0 Å². The minimum Gasteiger partial charge on any atom is -0.285 e. The zero-order chi connectivity index (χ0) is 12.2. The number of nitrogens with zero attached hydrogens (tertiary/aromatic N) is 1. The van der Waals surface area contributed by atoms with Gasteiger partial charge in [0.05, 0.1) is 11.6 Å². The van der Waals surface area contributed by atoms with E-state index in [1.807, 2.05) is 6.07 Å². The van der Waals surface area contributed by atoms with E-state index in [0.29, 0.717) is 17.2 Å². The molecule has 0 N–H and O–H groups in total. The monoisotopic (exact) mass is 225 g/mol. The number of halogens is 3. The lowest BCUT2D eigenvalue weighted by Gasteiger charge is -1.99. The molecule has 1 aromatic carbocycles. The smallest absolute Gasteiger partial charge is 0.285 e. The maximum absolute atomic E-state index is 11.8. The summed E-state index contributed by atoms with van der Waals surface area (Å²) in [5.74, 6) is -1.92. The van der Waals surface area contributed by atoms with Crippen molar-refractivity contribution < 1.29 is 18.0 Å². The molecule has 1 aromatic rings. The number of benzene rings is 1. The maximum Gasteiger partial charge on any atom is 0.454 e. The van der Waals surface area contributed by atoms with E-state index in [1.54, 1.807) is 0 Å². The highest BCUT2D eigenvalue weighted by molar-refractivity contribution is 5.97. The lowest BCUT2D eigenvalue weighted by Crippen LogP contribution is -2.19. The van der Waals surface area contributed by atoms with Gasteiger partial charge in [0, 0.05) is 0 Å². The minimum atomic E-state index is -4.86. The Balaban J connectivity index is 2.85. The SMILES string of the molecule is N#Cc1cccc(C=CC(=O)C(F)(F)F)c1. The number of hydrogen-bond acceptors (Lipinski definition) is 2. The lowest BCUT2D eigenvalue weighted by atomic mass is 10.1. The van der Waals surface area contributed by atoms with Gasteiger partial charge in [0.15, 0.2) is 0 Å². The van der Waals surface area contributed by atoms with Crippen molar-refractivity contribution >= 4 is 11.9 Å². The largest absolute Gasteiger partial charge is 0.454 e. The van der Waals surface area contributed by atoms with Crippen molar-refractivity contribution in [1.82, 2.24) is 0 Å². The van der Waals surface area contributed by atoms with Gasteiger partial charge in [-0.3, -0.25) is 4.79 Å². The Morgan fingerprint density at radius 1 is 1.38 bits per heavy atom. The first-order chi connectivity index (χ1) is 7.43. The normalized spacial score (nSPS) is 11.4. The first-order valence-corrected chi connectivity index (χ1v) is 4.23. The summed E-state index contributed by atoms with van der Waals surface area (Å²) in [6.45, 7) is 0. The fraction of sp³-hybridized carbons (Fsp3) is 0.0909. The van der Waals surface area contributed by atoms with E-state index in [9.17, 15) is 18.0 Å². The molecule has 0 spiro atoms. The van der Waals surface area contributed by atoms with E-state index in [1.165, 1.54) is 24.3 Å². The number of alkyl halides is 3. The molecule has 0 saturated carbocycles. The van der Waals surface area contributed by atoms with Gasteiger partial charge in [0.2, 0.25) is 0 Å². The second kappa shape index (κ2) is 4.62. The van der Waals surface area contributed by atoms with E-state index in [2.05, 4.69) is 0 Å². The molecule has 0 bridgehead atoms. The molecule has 0 amide bonds. The summed E-state index contributed by atoms with van der Waals surface area (Å²) in [6.07, 6.45) is -3.39. The Hall–Kier alpha value is -2.09. The molecule has 0 saturated heterocycles. The first kappa shape index (κ1) is 12.0. The van der Waals surface area contributed by atoms with Crippen LogP contribution in [0.1, 0.15) is 11.1 Å². The van der Waals surface area contributed by atoms with Crippen molar-refractivity contribution in [3.05, 3.63) is 41.5 Å². The lowest BCUT2D eigenvalue weighted by molar-refractivity contribution is -0.165. The van der Waals surface area contributed by atoms with Gasteiger partial charge in [-0.1, -0.05) is 18.2 Å². The second-order valence-corrected chi connectivity index (χ2v) is 2.93. The number of allylic oxidation sites excluding steroid dienone is 1. The molecular formula is C11H6F3NO. The number of carbonyl (C=O) groups excluding carboxylic acids is 1. The van der Waals surface area contributed by atoms with Crippen molar-refractivity contribution in [2.45, 2.75) is 6.18 Å². The Morgan fingerprint density at radius 2 is 2.06 bits per heavy atom. The first-order valence-electron chi connectivity index (χ1n) is 4.23. The van der Waals surface area contributed by atoms with Crippen LogP contribution in [0.5, 0.6) is 0 Å². The van der Waals surface area contributed by atoms with Gasteiger partial charge in [-0.15, -0.1) is 0 Å². The number of rotatable bonds is 2. The number of hydrogen-bond donors (Lipinski definition) is 0. The molecule has 0 fully saturated rings. The molecular weight excluding hydrogens is 219 g/mol. The van der Waals surface area contributed by atoms with Crippen LogP contribution in [0.3, 0.4) is 0 Å². The summed E-state index contributed by atoms with van der Waals surface area (Å²) < 4.78 is 35.5. The molecule has 0 aromatic heterocycles. The summed E-state index contributed by atoms with van der Waals surface area (Å²) in [5, 5.41) is 8.55. The van der Waals surface area contributed by atoms with Crippen molar-refractivity contribution in [1.29, 1.82) is 5.26 Å². The second-order valence-electron chi connectivity index (χ2n) is 2.93. The fourth-order valence-corrected chi connectivity index (χ4v) is 0.978. The van der Waals surface area contributed by atoms with Gasteiger partial charge in [-0.2, -0.15) is 18.4 Å². The zero-order valence-corrected chi connectivity index (χ0v) is 7.95. The number of nitriles is 1. The molecule has 2 nitrogen and oxygen atoms in total. The van der Waals surface area contributed by atoms with E-state index >= 15 is 0 Å². The van der Waals surface area contributed by atoms with Crippen LogP contribution in [0, 0.1) is 11.3 Å². The Bertz CT molecular complexity index is 469. The third kappa shape index (κ3) is 3.24. The van der Waals surface area contributed by atoms with Crippen molar-refractivity contribution in [3.63, 3.8) is 0 Å². The van der Waals surface area contributed by atoms with E-state index < -0.39 is 12.0 Å². The molecule has 0 aliphatic carbocycles. The minimum absolute atomic E-state index is 0.321. The van der Waals surface area contributed by atoms with Crippen LogP contribution in [0.2, 0.25) is 0 Å². The Labute approximate surface area is 89.6 Å². The van der Waals surface area contributed by atoms with Gasteiger partial charge < -0.3 is 0 Å². The van der Waals surface area contributed by atoms with Crippen molar-refractivity contribution in [2.75, 3.05) is 0 Å². The summed E-state index contributed by atoms with van der Waals surface area (Å²) in [6, 6.07) is 7.78. The van der Waals surface area contributed by atoms with Crippen LogP contribution in [0.25, 0.3) is 6.08 Å². The summed E-state index contributed by atoms with van der Waals surface area (Å²) in [4.78, 5) is 10.5. The van der Waals surface area contributed by atoms with E-state index in [0.717, 1.165) is 6.08 Å². The summed E-state index contributed by atoms with van der Waals surface area (Å²) >= 11 is 0. The fourth-order valence-electron chi connectivity index (χ4n) is 0.978. The van der Waals surface area contributed by atoms with Crippen molar-refractivity contribution in [2.24, 2.45) is 0 Å². The third-order valence-corrected chi connectivity index (χ3v) is 1.72. The Morgan fingerprint density at radius 3 is 2.62 bits per heavy atom. The summed E-state index contributed by atoms with van der Waals surface area (Å²) in [7, 11) is 0. The van der Waals surface area contributed by atoms with E-state index in [-0.39, 0.29) is 0 Å². The predicted molar refractivity (Wildman–Crippen MR) is 51.3 cm³/mol. The van der Waals surface area contributed by atoms with Crippen LogP contribution in [0.15, 0.2) is 30.3 Å².